The zero-order chi connectivity index (χ0) is 15.7. The van der Waals surface area contributed by atoms with E-state index in [2.05, 4.69) is 6.92 Å². The number of ether oxygens (including phenoxy) is 1. The third kappa shape index (κ3) is 6.43. The Balaban J connectivity index is 2.58. The van der Waals surface area contributed by atoms with Crippen LogP contribution >= 0.6 is 0 Å². The van der Waals surface area contributed by atoms with Crippen LogP contribution in [-0.4, -0.2) is 17.0 Å². The minimum Gasteiger partial charge on any atom is -0.478 e. The Bertz CT molecular complexity index is 480. The lowest BCUT2D eigenvalue weighted by Crippen LogP contribution is -2.08. The number of carbonyl (C=O) groups excluding carboxylic acids is 1. The van der Waals surface area contributed by atoms with Crippen LogP contribution in [0.25, 0.3) is 0 Å². The molecular weight excluding hydrogens is 268 g/mol. The molecule has 0 atom stereocenters. The molecule has 0 saturated heterocycles. The summed E-state index contributed by atoms with van der Waals surface area (Å²) in [4.78, 5) is 22.2. The van der Waals surface area contributed by atoms with Gasteiger partial charge >= 0.3 is 11.9 Å². The first-order valence-corrected chi connectivity index (χ1v) is 7.59. The number of aromatic carboxylic acids is 1. The number of unbranched alkanes of at least 4 members (excludes halogenated alkanes) is 5. The lowest BCUT2D eigenvalue weighted by Gasteiger charge is -2.08. The molecule has 4 nitrogen and oxygen atoms in total. The number of aryl methyl sites for hydroxylation is 1. The maximum atomic E-state index is 11.2. The van der Waals surface area contributed by atoms with Crippen LogP contribution in [0.15, 0.2) is 18.2 Å². The zero-order valence-corrected chi connectivity index (χ0v) is 12.9. The van der Waals surface area contributed by atoms with E-state index in [4.69, 9.17) is 4.74 Å². The Labute approximate surface area is 126 Å². The molecular formula is C17H24O4. The smallest absolute Gasteiger partial charge is 0.339 e. The lowest BCUT2D eigenvalue weighted by atomic mass is 10.0. The van der Waals surface area contributed by atoms with Crippen LogP contribution in [-0.2, 0) is 11.2 Å². The van der Waals surface area contributed by atoms with E-state index in [0.717, 1.165) is 24.8 Å². The Morgan fingerprint density at radius 1 is 1.10 bits per heavy atom. The summed E-state index contributed by atoms with van der Waals surface area (Å²) in [6.07, 6.45) is 8.07. The fourth-order valence-electron chi connectivity index (χ4n) is 2.25. The summed E-state index contributed by atoms with van der Waals surface area (Å²) in [6.45, 7) is 3.45. The number of carboxylic acids is 1. The quantitative estimate of drug-likeness (QED) is 0.420. The van der Waals surface area contributed by atoms with Crippen LogP contribution in [0.3, 0.4) is 0 Å². The average Bonchev–Trinajstić information content (AvgIpc) is 2.43. The summed E-state index contributed by atoms with van der Waals surface area (Å²) >= 11 is 0. The fourth-order valence-corrected chi connectivity index (χ4v) is 2.25. The molecule has 0 radical (unpaired) electrons. The SMILES string of the molecule is CCCCCCCCc1ccc(OC(C)=O)c(C(=O)O)c1. The van der Waals surface area contributed by atoms with Gasteiger partial charge in [0.25, 0.3) is 0 Å². The number of rotatable bonds is 9. The molecule has 116 valence electrons. The summed E-state index contributed by atoms with van der Waals surface area (Å²) in [5.74, 6) is -1.47. The summed E-state index contributed by atoms with van der Waals surface area (Å²) in [6, 6.07) is 5.00. The van der Waals surface area contributed by atoms with Gasteiger partial charge in [-0.25, -0.2) is 4.79 Å². The zero-order valence-electron chi connectivity index (χ0n) is 12.9. The monoisotopic (exact) mass is 292 g/mol. The van der Waals surface area contributed by atoms with Gasteiger partial charge in [0.15, 0.2) is 0 Å². The predicted octanol–water partition coefficient (Wildman–Crippen LogP) is 4.21. The second-order valence-electron chi connectivity index (χ2n) is 5.25. The molecule has 0 spiro atoms. The number of carboxylic acid groups (broad SMARTS) is 1. The predicted molar refractivity (Wildman–Crippen MR) is 81.8 cm³/mol. The Morgan fingerprint density at radius 2 is 1.76 bits per heavy atom. The van der Waals surface area contributed by atoms with Crippen LogP contribution in [0.1, 0.15) is 68.3 Å². The second-order valence-corrected chi connectivity index (χ2v) is 5.25. The molecule has 0 heterocycles. The highest BCUT2D eigenvalue weighted by molar-refractivity contribution is 5.92. The van der Waals surface area contributed by atoms with Gasteiger partial charge in [0.05, 0.1) is 0 Å². The molecule has 0 unspecified atom stereocenters. The second kappa shape index (κ2) is 9.16. The standard InChI is InChI=1S/C17H24O4/c1-3-4-5-6-7-8-9-14-10-11-16(21-13(2)18)15(12-14)17(19)20/h10-12H,3-9H2,1-2H3,(H,19,20). The summed E-state index contributed by atoms with van der Waals surface area (Å²) < 4.78 is 4.91. The van der Waals surface area contributed by atoms with Gasteiger partial charge in [-0.05, 0) is 30.5 Å². The van der Waals surface area contributed by atoms with E-state index in [1.165, 1.54) is 32.6 Å². The van der Waals surface area contributed by atoms with Gasteiger partial charge in [-0.1, -0.05) is 45.1 Å². The minimum atomic E-state index is -1.07. The van der Waals surface area contributed by atoms with Crippen LogP contribution in [0.4, 0.5) is 0 Å². The summed E-state index contributed by atoms with van der Waals surface area (Å²) in [5, 5.41) is 9.18. The number of hydrogen-bond acceptors (Lipinski definition) is 3. The van der Waals surface area contributed by atoms with E-state index in [9.17, 15) is 14.7 Å². The van der Waals surface area contributed by atoms with Gasteiger partial charge in [-0.3, -0.25) is 4.79 Å². The Morgan fingerprint density at radius 3 is 2.38 bits per heavy atom. The fraction of sp³-hybridized carbons (Fsp3) is 0.529. The van der Waals surface area contributed by atoms with Crippen molar-refractivity contribution in [1.82, 2.24) is 0 Å². The molecule has 1 aromatic rings. The van der Waals surface area contributed by atoms with E-state index in [0.29, 0.717) is 0 Å². The molecule has 1 N–H and O–H groups in total. The van der Waals surface area contributed by atoms with Crippen LogP contribution in [0.2, 0.25) is 0 Å². The third-order valence-corrected chi connectivity index (χ3v) is 3.35. The highest BCUT2D eigenvalue weighted by Gasteiger charge is 2.13. The molecule has 0 bridgehead atoms. The van der Waals surface area contributed by atoms with E-state index in [1.54, 1.807) is 12.1 Å². The van der Waals surface area contributed by atoms with Gasteiger partial charge in [0, 0.05) is 6.92 Å². The van der Waals surface area contributed by atoms with Crippen molar-refractivity contribution in [1.29, 1.82) is 0 Å². The Hall–Kier alpha value is -1.84. The van der Waals surface area contributed by atoms with Crippen LogP contribution < -0.4 is 4.74 Å². The van der Waals surface area contributed by atoms with E-state index >= 15 is 0 Å². The molecule has 0 amide bonds. The van der Waals surface area contributed by atoms with E-state index in [1.807, 2.05) is 6.07 Å². The van der Waals surface area contributed by atoms with Crippen molar-refractivity contribution in [2.24, 2.45) is 0 Å². The molecule has 21 heavy (non-hydrogen) atoms. The van der Waals surface area contributed by atoms with Crippen molar-refractivity contribution in [3.63, 3.8) is 0 Å². The van der Waals surface area contributed by atoms with Crippen molar-refractivity contribution in [2.75, 3.05) is 0 Å². The number of hydrogen-bond donors (Lipinski definition) is 1. The van der Waals surface area contributed by atoms with Gasteiger partial charge in [0.1, 0.15) is 11.3 Å². The summed E-state index contributed by atoms with van der Waals surface area (Å²) in [7, 11) is 0. The number of carbonyl (C=O) groups is 2. The molecule has 0 aliphatic rings. The van der Waals surface area contributed by atoms with E-state index < -0.39 is 11.9 Å². The van der Waals surface area contributed by atoms with Crippen molar-refractivity contribution >= 4 is 11.9 Å². The highest BCUT2D eigenvalue weighted by Crippen LogP contribution is 2.22. The topological polar surface area (TPSA) is 63.6 Å². The van der Waals surface area contributed by atoms with Crippen LogP contribution in [0.5, 0.6) is 5.75 Å². The normalized spacial score (nSPS) is 10.4. The third-order valence-electron chi connectivity index (χ3n) is 3.35. The summed E-state index contributed by atoms with van der Waals surface area (Å²) in [5.41, 5.74) is 1.02. The maximum Gasteiger partial charge on any atom is 0.339 e. The van der Waals surface area contributed by atoms with Gasteiger partial charge in [0.2, 0.25) is 0 Å². The first kappa shape index (κ1) is 17.2. The largest absolute Gasteiger partial charge is 0.478 e. The molecule has 1 aromatic carbocycles. The lowest BCUT2D eigenvalue weighted by molar-refractivity contribution is -0.131. The first-order chi connectivity index (χ1) is 10.0. The molecule has 0 aliphatic carbocycles. The van der Waals surface area contributed by atoms with Crippen molar-refractivity contribution in [3.05, 3.63) is 29.3 Å². The number of benzene rings is 1. The van der Waals surface area contributed by atoms with Crippen LogP contribution in [0, 0.1) is 0 Å². The average molecular weight is 292 g/mol. The molecule has 0 aliphatic heterocycles. The molecule has 4 heteroatoms. The van der Waals surface area contributed by atoms with Gasteiger partial charge in [-0.15, -0.1) is 0 Å². The maximum absolute atomic E-state index is 11.2. The van der Waals surface area contributed by atoms with Crippen molar-refractivity contribution < 1.29 is 19.4 Å². The molecule has 0 fully saturated rings. The van der Waals surface area contributed by atoms with Crippen molar-refractivity contribution in [2.45, 2.75) is 58.8 Å². The first-order valence-electron chi connectivity index (χ1n) is 7.59. The van der Waals surface area contributed by atoms with Gasteiger partial charge in [-0.2, -0.15) is 0 Å². The molecule has 0 aromatic heterocycles. The van der Waals surface area contributed by atoms with Gasteiger partial charge < -0.3 is 9.84 Å². The molecule has 0 saturated carbocycles. The Kier molecular flexibility index (Phi) is 7.51. The minimum absolute atomic E-state index is 0.0497. The van der Waals surface area contributed by atoms with Crippen molar-refractivity contribution in [3.8, 4) is 5.75 Å². The number of esters is 1. The highest BCUT2D eigenvalue weighted by atomic mass is 16.5. The van der Waals surface area contributed by atoms with E-state index in [-0.39, 0.29) is 11.3 Å². The molecule has 1 rings (SSSR count).